The Morgan fingerprint density at radius 2 is 0.625 bits per heavy atom. The molecule has 0 saturated heterocycles. The van der Waals surface area contributed by atoms with Gasteiger partial charge < -0.3 is 0 Å². The lowest BCUT2D eigenvalue weighted by Gasteiger charge is -2.17. The largest absolute Gasteiger partial charge is 0.0616 e. The Morgan fingerprint density at radius 1 is 0.208 bits per heavy atom. The quantitative estimate of drug-likeness (QED) is 0.172. The van der Waals surface area contributed by atoms with Crippen LogP contribution < -0.4 is 0 Å². The third-order valence-corrected chi connectivity index (χ3v) is 10.7. The highest BCUT2D eigenvalue weighted by atomic mass is 14.4. The highest BCUT2D eigenvalue weighted by molar-refractivity contribution is 6.41. The Bertz CT molecular complexity index is 2930. The summed E-state index contributed by atoms with van der Waals surface area (Å²) in [5, 5.41) is 12.8. The standard InChI is InChI=1S/C48H28/c1-2-15-33-28-42-34(27-32(33)14-1)17-10-22-39(42)46-41-26-24-31-13-5-8-20-37(31)44(41)47-45(38-21-9-16-29-11-3-6-18-35(29)38)40-25-23-30-12-4-7-19-36(30)43(40)48(46)47/h1-28H. The van der Waals surface area contributed by atoms with E-state index in [0.717, 1.165) is 0 Å². The van der Waals surface area contributed by atoms with Crippen molar-refractivity contribution in [2.45, 2.75) is 0 Å². The molecule has 0 saturated carbocycles. The molecule has 0 N–H and O–H groups in total. The van der Waals surface area contributed by atoms with Gasteiger partial charge in [-0.05, 0) is 122 Å². The minimum absolute atomic E-state index is 1.26. The number of benzene rings is 9. The summed E-state index contributed by atoms with van der Waals surface area (Å²) < 4.78 is 0. The van der Waals surface area contributed by atoms with Crippen molar-refractivity contribution in [3.05, 3.63) is 203 Å². The molecule has 0 radical (unpaired) electrons. The second-order valence-electron chi connectivity index (χ2n) is 13.2. The first-order valence-electron chi connectivity index (χ1n) is 16.8. The van der Waals surface area contributed by atoms with Crippen LogP contribution in [0.4, 0.5) is 0 Å². The molecule has 0 amide bonds. The molecular weight excluding hydrogens is 577 g/mol. The van der Waals surface area contributed by atoms with Crippen LogP contribution in [-0.4, -0.2) is 0 Å². The first-order chi connectivity index (χ1) is 23.8. The maximum Gasteiger partial charge on any atom is -0.0000933 e. The monoisotopic (exact) mass is 604 g/mol. The Kier molecular flexibility index (Phi) is 5.20. The average Bonchev–Trinajstić information content (AvgIpc) is 3.66. The van der Waals surface area contributed by atoms with Gasteiger partial charge in [-0.1, -0.05) is 158 Å². The molecule has 0 bridgehead atoms. The molecule has 0 spiro atoms. The SMILES string of the molecule is c1ccc2cc3c(C4=C5C(=C(c6cccc7ccccc67)c6ccc7ccccc7c65)c5c4ccc4ccccc54)cccc3cc2c1. The first-order valence-corrected chi connectivity index (χ1v) is 16.8. The second kappa shape index (κ2) is 9.64. The molecule has 2 aliphatic carbocycles. The van der Waals surface area contributed by atoms with Gasteiger partial charge in [0.05, 0.1) is 0 Å². The highest BCUT2D eigenvalue weighted by Crippen LogP contribution is 2.62. The molecule has 0 heteroatoms. The molecule has 220 valence electrons. The van der Waals surface area contributed by atoms with Crippen LogP contribution in [0.5, 0.6) is 0 Å². The molecule has 0 unspecified atom stereocenters. The van der Waals surface area contributed by atoms with Crippen LogP contribution in [0.2, 0.25) is 0 Å². The fourth-order valence-electron chi connectivity index (χ4n) is 8.71. The first kappa shape index (κ1) is 25.9. The second-order valence-corrected chi connectivity index (χ2v) is 13.2. The summed E-state index contributed by atoms with van der Waals surface area (Å²) in [7, 11) is 0. The van der Waals surface area contributed by atoms with Gasteiger partial charge in [0.2, 0.25) is 0 Å². The van der Waals surface area contributed by atoms with E-state index in [-0.39, 0.29) is 0 Å². The molecule has 11 rings (SSSR count). The van der Waals surface area contributed by atoms with Gasteiger partial charge in [0.25, 0.3) is 0 Å². The van der Waals surface area contributed by atoms with Crippen molar-refractivity contribution in [2.24, 2.45) is 0 Å². The molecule has 0 atom stereocenters. The number of hydrogen-bond acceptors (Lipinski definition) is 0. The van der Waals surface area contributed by atoms with Crippen LogP contribution in [0.15, 0.2) is 170 Å². The van der Waals surface area contributed by atoms with Gasteiger partial charge in [0.1, 0.15) is 0 Å². The third-order valence-electron chi connectivity index (χ3n) is 10.7. The van der Waals surface area contributed by atoms with Crippen LogP contribution in [0.1, 0.15) is 33.4 Å². The minimum atomic E-state index is 1.26. The Balaban J connectivity index is 1.38. The fourth-order valence-corrected chi connectivity index (χ4v) is 8.71. The number of rotatable bonds is 2. The number of hydrogen-bond donors (Lipinski definition) is 0. The van der Waals surface area contributed by atoms with Crippen LogP contribution >= 0.6 is 0 Å². The molecule has 0 nitrogen and oxygen atoms in total. The van der Waals surface area contributed by atoms with Crippen molar-refractivity contribution >= 4 is 76.2 Å². The van der Waals surface area contributed by atoms with Crippen molar-refractivity contribution < 1.29 is 0 Å². The van der Waals surface area contributed by atoms with Crippen molar-refractivity contribution in [3.8, 4) is 0 Å². The summed E-state index contributed by atoms with van der Waals surface area (Å²) in [6.45, 7) is 0. The van der Waals surface area contributed by atoms with Crippen LogP contribution in [-0.2, 0) is 0 Å². The predicted molar refractivity (Wildman–Crippen MR) is 205 cm³/mol. The van der Waals surface area contributed by atoms with Crippen molar-refractivity contribution in [1.29, 1.82) is 0 Å². The minimum Gasteiger partial charge on any atom is -0.0616 e. The van der Waals surface area contributed by atoms with E-state index in [1.165, 1.54) is 110 Å². The van der Waals surface area contributed by atoms with E-state index in [1.807, 2.05) is 0 Å². The van der Waals surface area contributed by atoms with Crippen molar-refractivity contribution in [3.63, 3.8) is 0 Å². The Labute approximate surface area is 278 Å². The molecule has 0 aromatic heterocycles. The topological polar surface area (TPSA) is 0 Å². The van der Waals surface area contributed by atoms with Gasteiger partial charge in [-0.2, -0.15) is 0 Å². The highest BCUT2D eigenvalue weighted by Gasteiger charge is 2.40. The maximum atomic E-state index is 2.40. The summed E-state index contributed by atoms with van der Waals surface area (Å²) in [4.78, 5) is 0. The summed E-state index contributed by atoms with van der Waals surface area (Å²) in [6, 6.07) is 63.2. The van der Waals surface area contributed by atoms with E-state index in [0.29, 0.717) is 0 Å². The summed E-state index contributed by atoms with van der Waals surface area (Å²) in [6.07, 6.45) is 0. The van der Waals surface area contributed by atoms with E-state index in [2.05, 4.69) is 170 Å². The lowest BCUT2D eigenvalue weighted by atomic mass is 9.86. The summed E-state index contributed by atoms with van der Waals surface area (Å²) in [5.74, 6) is 0. The van der Waals surface area contributed by atoms with Crippen LogP contribution in [0.25, 0.3) is 76.2 Å². The molecular formula is C48H28. The van der Waals surface area contributed by atoms with Crippen molar-refractivity contribution in [2.75, 3.05) is 0 Å². The number of fused-ring (bicyclic) bond motifs is 12. The van der Waals surface area contributed by atoms with Crippen LogP contribution in [0, 0.1) is 0 Å². The van der Waals surface area contributed by atoms with Gasteiger partial charge in [-0.15, -0.1) is 0 Å². The molecule has 0 heterocycles. The van der Waals surface area contributed by atoms with Gasteiger partial charge in [-0.25, -0.2) is 0 Å². The summed E-state index contributed by atoms with van der Waals surface area (Å²) >= 11 is 0. The fraction of sp³-hybridized carbons (Fsp3) is 0. The molecule has 9 aromatic carbocycles. The van der Waals surface area contributed by atoms with E-state index in [9.17, 15) is 0 Å². The van der Waals surface area contributed by atoms with Crippen LogP contribution in [0.3, 0.4) is 0 Å². The molecule has 2 aliphatic rings. The molecule has 48 heavy (non-hydrogen) atoms. The van der Waals surface area contributed by atoms with Gasteiger partial charge in [0.15, 0.2) is 0 Å². The zero-order valence-electron chi connectivity index (χ0n) is 26.2. The molecule has 9 aromatic rings. The lowest BCUT2D eigenvalue weighted by Crippen LogP contribution is -1.95. The Morgan fingerprint density at radius 3 is 1.21 bits per heavy atom. The van der Waals surface area contributed by atoms with Gasteiger partial charge >= 0.3 is 0 Å². The average molecular weight is 605 g/mol. The van der Waals surface area contributed by atoms with E-state index >= 15 is 0 Å². The Hall–Kier alpha value is -6.24. The van der Waals surface area contributed by atoms with Crippen molar-refractivity contribution in [1.82, 2.24) is 0 Å². The predicted octanol–water partition coefficient (Wildman–Crippen LogP) is 12.7. The summed E-state index contributed by atoms with van der Waals surface area (Å²) in [5.41, 5.74) is 13.3. The third kappa shape index (κ3) is 3.44. The van der Waals surface area contributed by atoms with E-state index in [4.69, 9.17) is 0 Å². The smallest absolute Gasteiger partial charge is 0.0000933 e. The molecule has 0 aliphatic heterocycles. The van der Waals surface area contributed by atoms with E-state index in [1.54, 1.807) is 0 Å². The molecule has 0 fully saturated rings. The van der Waals surface area contributed by atoms with E-state index < -0.39 is 0 Å². The zero-order valence-corrected chi connectivity index (χ0v) is 26.2. The maximum absolute atomic E-state index is 2.40. The van der Waals surface area contributed by atoms with Gasteiger partial charge in [0, 0.05) is 0 Å². The van der Waals surface area contributed by atoms with Gasteiger partial charge in [-0.3, -0.25) is 0 Å². The normalized spacial score (nSPS) is 13.7. The lowest BCUT2D eigenvalue weighted by molar-refractivity contribution is 1.58. The zero-order chi connectivity index (χ0) is 31.3. The number of allylic oxidation sites excluding steroid dienone is 2.